The van der Waals surface area contributed by atoms with Crippen LogP contribution in [-0.2, 0) is 0.0399 Å². The molecule has 0 saturated carbocycles. The number of carbonyl (C=O) groups excluding carboxylic acids is 1. The van der Waals surface area contributed by atoms with Gasteiger partial charge in [-0.25, -0.2) is 0 Å². The molecule has 0 amide bonds. The molecule has 0 bridgehead atoms. The van der Waals surface area contributed by atoms with Crippen LogP contribution in [0.1, 0.15) is 15.9 Å². The Morgan fingerprint density at radius 3 is 1.48 bits per heavy atom. The van der Waals surface area contributed by atoms with Crippen molar-refractivity contribution in [2.75, 3.05) is 7.11 Å². The molecule has 2 aromatic rings. The van der Waals surface area contributed by atoms with Gasteiger partial charge >= 0.3 is 46.8 Å². The van der Waals surface area contributed by atoms with Crippen molar-refractivity contribution in [3.63, 3.8) is 0 Å². The van der Waals surface area contributed by atoms with Crippen LogP contribution in [0.4, 0.5) is 0 Å². The van der Waals surface area contributed by atoms with E-state index in [1.807, 2.05) is 48.5 Å². The van der Waals surface area contributed by atoms with Crippen molar-refractivity contribution < 1.29 is 9.94 Å². The van der Waals surface area contributed by atoms with E-state index >= 15 is 0 Å². The van der Waals surface area contributed by atoms with Crippen molar-refractivity contribution in [2.24, 2.45) is 22.6 Å². The van der Waals surface area contributed by atoms with Crippen LogP contribution in [0.2, 0.25) is 0 Å². The SMILES string of the molecule is CO.NN.NN=Cc1ccccc1.O=Cc1ccccc1.[O]=[Ba]. The van der Waals surface area contributed by atoms with Crippen molar-refractivity contribution in [3.05, 3.63) is 71.8 Å². The Balaban J connectivity index is -0.000000264. The number of hydrogen-bond acceptors (Lipinski definition) is 7. The third-order valence-electron chi connectivity index (χ3n) is 1.96. The van der Waals surface area contributed by atoms with E-state index in [1.165, 1.54) is 0 Å². The fraction of sp³-hybridized carbons (Fsp3) is 0.0667. The second-order valence-electron chi connectivity index (χ2n) is 3.22. The molecule has 0 heterocycles. The molecule has 0 aliphatic carbocycles. The first-order valence-electron chi connectivity index (χ1n) is 6.22. The van der Waals surface area contributed by atoms with Crippen molar-refractivity contribution >= 4 is 59.2 Å². The predicted octanol–water partition coefficient (Wildman–Crippen LogP) is 0.406. The van der Waals surface area contributed by atoms with E-state index in [0.717, 1.165) is 24.5 Å². The summed E-state index contributed by atoms with van der Waals surface area (Å²) in [4.78, 5) is 10.0. The van der Waals surface area contributed by atoms with Crippen molar-refractivity contribution in [3.8, 4) is 0 Å². The Kier molecular flexibility index (Phi) is 29.9. The van der Waals surface area contributed by atoms with Crippen LogP contribution in [0.3, 0.4) is 0 Å². The fourth-order valence-electron chi connectivity index (χ4n) is 1.16. The van der Waals surface area contributed by atoms with Gasteiger partial charge in [0.15, 0.2) is 0 Å². The minimum atomic E-state index is -0.222. The van der Waals surface area contributed by atoms with Crippen molar-refractivity contribution in [1.29, 1.82) is 0 Å². The first-order valence-corrected chi connectivity index (χ1v) is 8.03. The number of rotatable bonds is 2. The average Bonchev–Trinajstić information content (AvgIpc) is 2.69. The molecule has 0 aliphatic heterocycles. The van der Waals surface area contributed by atoms with E-state index in [4.69, 9.17) is 11.0 Å². The zero-order valence-corrected chi connectivity index (χ0v) is 17.5. The van der Waals surface area contributed by atoms with E-state index in [-0.39, 0.29) is 46.7 Å². The van der Waals surface area contributed by atoms with E-state index in [9.17, 15) is 4.79 Å². The standard InChI is InChI=1S/C7H8N2.C7H6O.CH4O.Ba.H4N2.O/c8-9-6-7-4-2-1-3-5-7;8-6-7-4-2-1-3-5-7;1-2;;1-2;/h1-6H,8H2;1-6H;2H,1H3;;1-2H2;. The summed E-state index contributed by atoms with van der Waals surface area (Å²) in [5, 5.41) is 10.4. The quantitative estimate of drug-likeness (QED) is 0.174. The second-order valence-corrected chi connectivity index (χ2v) is 3.22. The molecule has 2 rings (SSSR count). The molecule has 0 unspecified atom stereocenters. The summed E-state index contributed by atoms with van der Waals surface area (Å²) >= 11 is -0.222. The third-order valence-corrected chi connectivity index (χ3v) is 1.96. The topological polar surface area (TPSA) is 145 Å². The van der Waals surface area contributed by atoms with Gasteiger partial charge in [0, 0.05) is 12.7 Å². The number of hydrazone groups is 1. The molecular formula is C15H22BaN4O3. The van der Waals surface area contributed by atoms with Gasteiger partial charge in [-0.05, 0) is 5.56 Å². The summed E-state index contributed by atoms with van der Waals surface area (Å²) in [6.45, 7) is 0. The van der Waals surface area contributed by atoms with E-state index in [2.05, 4.69) is 16.8 Å². The number of carbonyl (C=O) groups is 1. The first kappa shape index (κ1) is 26.7. The zero-order chi connectivity index (χ0) is 18.3. The molecule has 0 spiro atoms. The molecule has 0 fully saturated rings. The summed E-state index contributed by atoms with van der Waals surface area (Å²) in [5.41, 5.74) is 1.76. The molecule has 2 aromatic carbocycles. The van der Waals surface area contributed by atoms with Crippen molar-refractivity contribution in [1.82, 2.24) is 0 Å². The number of hydrogen-bond donors (Lipinski definition) is 4. The van der Waals surface area contributed by atoms with Crippen LogP contribution in [-0.4, -0.2) is 71.4 Å². The van der Waals surface area contributed by atoms with Crippen LogP contribution in [0.15, 0.2) is 65.8 Å². The minimum absolute atomic E-state index is 0.222. The fourth-order valence-corrected chi connectivity index (χ4v) is 1.16. The molecule has 0 aromatic heterocycles. The average molecular weight is 444 g/mol. The Morgan fingerprint density at radius 2 is 1.22 bits per heavy atom. The zero-order valence-electron chi connectivity index (χ0n) is 13.1. The normalized spacial score (nSPS) is 7.74. The number of nitrogens with two attached hydrogens (primary N) is 3. The number of hydrazine groups is 1. The number of benzene rings is 2. The Bertz CT molecular complexity index is 485. The number of aldehydes is 1. The number of nitrogens with zero attached hydrogens (tertiary/aromatic N) is 1. The number of aliphatic hydroxyl groups excluding tert-OH is 1. The maximum absolute atomic E-state index is 10.0. The summed E-state index contributed by atoms with van der Waals surface area (Å²) in [6.07, 6.45) is 2.44. The maximum atomic E-state index is 10.0. The van der Waals surface area contributed by atoms with Crippen molar-refractivity contribution in [2.45, 2.75) is 0 Å². The van der Waals surface area contributed by atoms with Gasteiger partial charge in [-0.1, -0.05) is 60.7 Å². The summed E-state index contributed by atoms with van der Waals surface area (Å²) in [5.74, 6) is 12.9. The predicted molar refractivity (Wildman–Crippen MR) is 93.0 cm³/mol. The second kappa shape index (κ2) is 25.8. The molecule has 0 atom stereocenters. The van der Waals surface area contributed by atoms with Gasteiger partial charge in [0.2, 0.25) is 0 Å². The van der Waals surface area contributed by atoms with Crippen LogP contribution in [0.25, 0.3) is 0 Å². The molecular weight excluding hydrogens is 422 g/mol. The van der Waals surface area contributed by atoms with Gasteiger partial charge in [-0.2, -0.15) is 5.10 Å². The van der Waals surface area contributed by atoms with E-state index in [0.29, 0.717) is 0 Å². The monoisotopic (exact) mass is 444 g/mol. The van der Waals surface area contributed by atoms with Gasteiger partial charge in [-0.15, -0.1) is 0 Å². The van der Waals surface area contributed by atoms with E-state index in [1.54, 1.807) is 18.3 Å². The van der Waals surface area contributed by atoms with Crippen LogP contribution >= 0.6 is 0 Å². The van der Waals surface area contributed by atoms with Crippen LogP contribution in [0, 0.1) is 0 Å². The van der Waals surface area contributed by atoms with E-state index < -0.39 is 0 Å². The third kappa shape index (κ3) is 18.8. The summed E-state index contributed by atoms with van der Waals surface area (Å²) in [6, 6.07) is 18.8. The molecule has 0 aliphatic rings. The van der Waals surface area contributed by atoms with Gasteiger partial charge < -0.3 is 10.9 Å². The molecule has 8 heteroatoms. The first-order chi connectivity index (χ1) is 11.4. The van der Waals surface area contributed by atoms with Crippen LogP contribution < -0.4 is 17.5 Å². The van der Waals surface area contributed by atoms with Gasteiger partial charge in [0.05, 0.1) is 6.21 Å². The molecule has 7 N–H and O–H groups in total. The molecule has 122 valence electrons. The Hall–Kier alpha value is -1.17. The molecule has 0 saturated heterocycles. The van der Waals surface area contributed by atoms with Gasteiger partial charge in [0.1, 0.15) is 6.29 Å². The Labute approximate surface area is 169 Å². The molecule has 23 heavy (non-hydrogen) atoms. The van der Waals surface area contributed by atoms with Gasteiger partial charge in [-0.3, -0.25) is 16.5 Å². The summed E-state index contributed by atoms with van der Waals surface area (Å²) in [7, 11) is 1.00. The summed E-state index contributed by atoms with van der Waals surface area (Å²) < 4.78 is 8.44. The Morgan fingerprint density at radius 1 is 0.870 bits per heavy atom. The van der Waals surface area contributed by atoms with Gasteiger partial charge in [0.25, 0.3) is 0 Å². The number of aliphatic hydroxyl groups is 1. The molecule has 7 nitrogen and oxygen atoms in total. The molecule has 0 radical (unpaired) electrons. The van der Waals surface area contributed by atoms with Crippen LogP contribution in [0.5, 0.6) is 0 Å².